The Kier molecular flexibility index (Phi) is 7.30. The fourth-order valence-electron chi connectivity index (χ4n) is 3.28. The van der Waals surface area contributed by atoms with Crippen LogP contribution in [0.2, 0.25) is 0 Å². The number of fused-ring (bicyclic) bond motifs is 1. The molecule has 0 spiro atoms. The first kappa shape index (κ1) is 25.9. The third kappa shape index (κ3) is 5.19. The molecule has 2 heterocycles. The molecule has 0 aliphatic rings. The van der Waals surface area contributed by atoms with Crippen molar-refractivity contribution >= 4 is 57.3 Å². The topological polar surface area (TPSA) is 144 Å². The SMILES string of the molecule is COc1ncc(-c2ccc3nc(N)c(C(=O)O)cc3c2)cc1NS(=O)(=O)c1ccc(F)cc1F.[Li]. The summed E-state index contributed by atoms with van der Waals surface area (Å²) in [6.07, 6.45) is 1.42. The average molecular weight is 493 g/mol. The number of carboxylic acids is 1. The van der Waals surface area contributed by atoms with Gasteiger partial charge in [0, 0.05) is 42.1 Å². The minimum Gasteiger partial charge on any atom is -0.480 e. The summed E-state index contributed by atoms with van der Waals surface area (Å²) in [5, 5.41) is 9.77. The van der Waals surface area contributed by atoms with Crippen molar-refractivity contribution in [3.63, 3.8) is 0 Å². The van der Waals surface area contributed by atoms with Crippen LogP contribution in [-0.4, -0.2) is 55.4 Å². The number of ether oxygens (including phenoxy) is 1. The second-order valence-corrected chi connectivity index (χ2v) is 8.75. The van der Waals surface area contributed by atoms with Crippen molar-refractivity contribution in [2.75, 3.05) is 17.6 Å². The van der Waals surface area contributed by atoms with Crippen LogP contribution in [0.4, 0.5) is 20.3 Å². The van der Waals surface area contributed by atoms with Crippen molar-refractivity contribution in [2.24, 2.45) is 0 Å². The fraction of sp³-hybridized carbons (Fsp3) is 0.0455. The third-order valence-electron chi connectivity index (χ3n) is 4.88. The molecule has 0 aliphatic carbocycles. The molecule has 2 aromatic heterocycles. The first-order valence-electron chi connectivity index (χ1n) is 9.55. The van der Waals surface area contributed by atoms with Crippen LogP contribution in [0, 0.1) is 11.6 Å². The summed E-state index contributed by atoms with van der Waals surface area (Å²) in [4.78, 5) is 18.8. The molecule has 0 bridgehead atoms. The molecule has 4 aromatic rings. The molecule has 35 heavy (non-hydrogen) atoms. The van der Waals surface area contributed by atoms with Gasteiger partial charge >= 0.3 is 5.97 Å². The minimum absolute atomic E-state index is 0. The van der Waals surface area contributed by atoms with Gasteiger partial charge in [-0.2, -0.15) is 0 Å². The largest absolute Gasteiger partial charge is 0.480 e. The number of hydrogen-bond donors (Lipinski definition) is 3. The molecule has 13 heteroatoms. The number of halogens is 2. The maximum atomic E-state index is 14.1. The molecular weight excluding hydrogens is 477 g/mol. The molecule has 1 radical (unpaired) electrons. The predicted octanol–water partition coefficient (Wildman–Crippen LogP) is 3.28. The van der Waals surface area contributed by atoms with Crippen molar-refractivity contribution in [3.05, 3.63) is 71.9 Å². The van der Waals surface area contributed by atoms with E-state index < -0.39 is 32.5 Å². The molecule has 0 saturated carbocycles. The van der Waals surface area contributed by atoms with E-state index in [9.17, 15) is 27.1 Å². The van der Waals surface area contributed by atoms with Crippen LogP contribution in [0.5, 0.6) is 5.88 Å². The van der Waals surface area contributed by atoms with Crippen LogP contribution in [0.25, 0.3) is 22.0 Å². The summed E-state index contributed by atoms with van der Waals surface area (Å²) in [5.74, 6) is -3.61. The molecule has 9 nitrogen and oxygen atoms in total. The Hall–Kier alpha value is -3.72. The van der Waals surface area contributed by atoms with Crippen molar-refractivity contribution in [3.8, 4) is 17.0 Å². The number of carboxylic acid groups (broad SMARTS) is 1. The monoisotopic (exact) mass is 493 g/mol. The Morgan fingerprint density at radius 3 is 2.49 bits per heavy atom. The van der Waals surface area contributed by atoms with Crippen LogP contribution < -0.4 is 15.2 Å². The van der Waals surface area contributed by atoms with Gasteiger partial charge in [-0.05, 0) is 42.0 Å². The van der Waals surface area contributed by atoms with Gasteiger partial charge in [0.25, 0.3) is 10.0 Å². The molecule has 175 valence electrons. The van der Waals surface area contributed by atoms with Crippen LogP contribution in [-0.2, 0) is 10.0 Å². The molecule has 0 atom stereocenters. The van der Waals surface area contributed by atoms with Gasteiger partial charge in [-0.1, -0.05) is 6.07 Å². The smallest absolute Gasteiger partial charge is 0.339 e. The standard InChI is InChI=1S/C22H16F2N4O5S.Li/c1-33-21-18(28-34(31,32)19-5-3-14(23)9-16(19)24)8-13(10-26-21)11-2-4-17-12(6-11)7-15(22(29)30)20(25)27-17;/h2-10,28H,1H3,(H2,25,27)(H,29,30);. The number of rotatable bonds is 6. The Morgan fingerprint density at radius 1 is 1.09 bits per heavy atom. The van der Waals surface area contributed by atoms with Gasteiger partial charge in [0.05, 0.1) is 12.6 Å². The zero-order chi connectivity index (χ0) is 24.6. The van der Waals surface area contributed by atoms with E-state index in [1.807, 2.05) is 0 Å². The van der Waals surface area contributed by atoms with Gasteiger partial charge in [0.15, 0.2) is 0 Å². The van der Waals surface area contributed by atoms with Crippen LogP contribution in [0.3, 0.4) is 0 Å². The van der Waals surface area contributed by atoms with E-state index in [0.29, 0.717) is 28.1 Å². The molecule has 0 aliphatic heterocycles. The number of benzene rings is 2. The molecule has 4 rings (SSSR count). The maximum Gasteiger partial charge on any atom is 0.339 e. The summed E-state index contributed by atoms with van der Waals surface area (Å²) < 4.78 is 60.0. The van der Waals surface area contributed by atoms with Gasteiger partial charge in [0.1, 0.15) is 33.6 Å². The first-order valence-corrected chi connectivity index (χ1v) is 11.0. The Labute approximate surface area is 210 Å². The van der Waals surface area contributed by atoms with Gasteiger partial charge in [-0.15, -0.1) is 0 Å². The van der Waals surface area contributed by atoms with E-state index in [1.165, 1.54) is 25.4 Å². The molecule has 0 saturated heterocycles. The number of nitrogens with one attached hydrogen (secondary N) is 1. The molecule has 0 unspecified atom stereocenters. The van der Waals surface area contributed by atoms with E-state index in [0.717, 1.165) is 12.1 Å². The number of sulfonamides is 1. The number of aromatic carboxylic acids is 1. The summed E-state index contributed by atoms with van der Waals surface area (Å²) in [5.41, 5.74) is 6.89. The van der Waals surface area contributed by atoms with E-state index in [4.69, 9.17) is 10.5 Å². The van der Waals surface area contributed by atoms with E-state index in [-0.39, 0.29) is 41.8 Å². The number of hydrogen-bond acceptors (Lipinski definition) is 7. The van der Waals surface area contributed by atoms with E-state index >= 15 is 0 Å². The Balaban J connectivity index is 0.00000342. The van der Waals surface area contributed by atoms with Crippen molar-refractivity contribution in [1.29, 1.82) is 0 Å². The predicted molar refractivity (Wildman–Crippen MR) is 126 cm³/mol. The van der Waals surface area contributed by atoms with Crippen LogP contribution in [0.1, 0.15) is 10.4 Å². The van der Waals surface area contributed by atoms with Gasteiger partial charge < -0.3 is 15.6 Å². The quantitative estimate of drug-likeness (QED) is 0.347. The zero-order valence-corrected chi connectivity index (χ0v) is 19.2. The number of nitrogens with zero attached hydrogens (tertiary/aromatic N) is 2. The Bertz CT molecular complexity index is 1570. The first-order chi connectivity index (χ1) is 16.1. The molecule has 4 N–H and O–H groups in total. The van der Waals surface area contributed by atoms with Crippen LogP contribution >= 0.6 is 0 Å². The van der Waals surface area contributed by atoms with Crippen molar-refractivity contribution < 1.29 is 31.8 Å². The number of carbonyl (C=O) groups is 1. The summed E-state index contributed by atoms with van der Waals surface area (Å²) in [6, 6.07) is 9.79. The van der Waals surface area contributed by atoms with E-state index in [1.54, 1.807) is 18.2 Å². The second kappa shape index (κ2) is 9.87. The van der Waals surface area contributed by atoms with E-state index in [2.05, 4.69) is 14.7 Å². The third-order valence-corrected chi connectivity index (χ3v) is 6.28. The minimum atomic E-state index is -4.45. The number of pyridine rings is 2. The van der Waals surface area contributed by atoms with Crippen molar-refractivity contribution in [1.82, 2.24) is 9.97 Å². The number of nitrogens with two attached hydrogens (primary N) is 1. The van der Waals surface area contributed by atoms with Gasteiger partial charge in [-0.3, -0.25) is 4.72 Å². The summed E-state index contributed by atoms with van der Waals surface area (Å²) in [7, 11) is -3.17. The second-order valence-electron chi connectivity index (χ2n) is 7.09. The maximum absolute atomic E-state index is 14.1. The summed E-state index contributed by atoms with van der Waals surface area (Å²) in [6.45, 7) is 0. The van der Waals surface area contributed by atoms with Gasteiger partial charge in [0.2, 0.25) is 5.88 Å². The van der Waals surface area contributed by atoms with Crippen LogP contribution in [0.15, 0.2) is 59.6 Å². The zero-order valence-electron chi connectivity index (χ0n) is 18.4. The normalized spacial score (nSPS) is 11.1. The number of methoxy groups -OCH3 is 1. The molecular formula is C22H16F2LiN4O5S. The average Bonchev–Trinajstić information content (AvgIpc) is 2.77. The summed E-state index contributed by atoms with van der Waals surface area (Å²) >= 11 is 0. The van der Waals surface area contributed by atoms with Crippen molar-refractivity contribution in [2.45, 2.75) is 4.90 Å². The number of anilines is 2. The fourth-order valence-corrected chi connectivity index (χ4v) is 4.39. The molecule has 0 amide bonds. The number of nitrogen functional groups attached to an aromatic ring is 1. The number of aromatic nitrogens is 2. The molecule has 0 fully saturated rings. The Morgan fingerprint density at radius 2 is 1.83 bits per heavy atom. The molecule has 2 aromatic carbocycles. The van der Waals surface area contributed by atoms with Gasteiger partial charge in [-0.25, -0.2) is 32.0 Å².